The minimum Gasteiger partial charge on any atom is -0.506 e. The number of sulfonamides is 1. The van der Waals surface area contributed by atoms with E-state index in [1.807, 2.05) is 4.90 Å². The highest BCUT2D eigenvalue weighted by Gasteiger charge is 2.30. The highest BCUT2D eigenvalue weighted by atomic mass is 32.2. The van der Waals surface area contributed by atoms with Crippen LogP contribution in [0.2, 0.25) is 0 Å². The lowest BCUT2D eigenvalue weighted by molar-refractivity contribution is -0.130. The minimum absolute atomic E-state index is 0.00629. The first-order valence-corrected chi connectivity index (χ1v) is 13.9. The van der Waals surface area contributed by atoms with Gasteiger partial charge in [0.25, 0.3) is 11.8 Å². The summed E-state index contributed by atoms with van der Waals surface area (Å²) in [5, 5.41) is 9.51. The zero-order chi connectivity index (χ0) is 29.6. The van der Waals surface area contributed by atoms with E-state index in [9.17, 15) is 36.3 Å². The molecule has 0 atom stereocenters. The van der Waals surface area contributed by atoms with Gasteiger partial charge in [0.05, 0.1) is 23.9 Å². The molecule has 2 N–H and O–H groups in total. The molecule has 0 bridgehead atoms. The largest absolute Gasteiger partial charge is 0.506 e. The number of amides is 2. The number of aromatic nitrogens is 2. The third kappa shape index (κ3) is 8.42. The van der Waals surface area contributed by atoms with Gasteiger partial charge >= 0.3 is 6.18 Å². The molecule has 3 aromatic rings. The average molecular weight is 588 g/mol. The fourth-order valence-corrected chi connectivity index (χ4v) is 4.94. The Morgan fingerprint density at radius 3 is 2.12 bits per heavy atom. The second-order valence-corrected chi connectivity index (χ2v) is 10.9. The molecule has 0 unspecified atom stereocenters. The summed E-state index contributed by atoms with van der Waals surface area (Å²) >= 11 is 0. The van der Waals surface area contributed by atoms with E-state index in [-0.39, 0.29) is 17.2 Å². The Labute approximate surface area is 233 Å². The van der Waals surface area contributed by atoms with E-state index in [1.54, 1.807) is 27.8 Å². The van der Waals surface area contributed by atoms with Crippen LogP contribution in [0.15, 0.2) is 61.2 Å². The number of benzene rings is 1. The van der Waals surface area contributed by atoms with Gasteiger partial charge in [-0.2, -0.15) is 13.2 Å². The van der Waals surface area contributed by atoms with Gasteiger partial charge in [-0.05, 0) is 36.4 Å². The third-order valence-electron chi connectivity index (χ3n) is 6.02. The van der Waals surface area contributed by atoms with Crippen molar-refractivity contribution < 1.29 is 36.3 Å². The number of rotatable bonds is 6. The lowest BCUT2D eigenvalue weighted by Gasteiger charge is -2.36. The molecule has 2 amide bonds. The van der Waals surface area contributed by atoms with E-state index in [2.05, 4.69) is 21.8 Å². The van der Waals surface area contributed by atoms with Crippen LogP contribution in [-0.2, 0) is 10.0 Å². The predicted octanol–water partition coefficient (Wildman–Crippen LogP) is 2.56. The number of carbonyl (C=O) groups is 2. The molecule has 1 aliphatic heterocycles. The Morgan fingerprint density at radius 1 is 0.902 bits per heavy atom. The number of hydrogen-bond acceptors (Lipinski definition) is 8. The number of alkyl halides is 3. The van der Waals surface area contributed by atoms with Crippen molar-refractivity contribution >= 4 is 27.5 Å². The van der Waals surface area contributed by atoms with Gasteiger partial charge in [0.2, 0.25) is 10.0 Å². The van der Waals surface area contributed by atoms with E-state index >= 15 is 0 Å². The second-order valence-electron chi connectivity index (χ2n) is 9.09. The van der Waals surface area contributed by atoms with Crippen molar-refractivity contribution in [2.45, 2.75) is 12.6 Å². The number of nitrogens with zero attached hydrogens (tertiary/aromatic N) is 4. The maximum Gasteiger partial charge on any atom is 0.390 e. The number of hydrogen-bond donors (Lipinski definition) is 2. The van der Waals surface area contributed by atoms with Gasteiger partial charge in [0, 0.05) is 67.1 Å². The van der Waals surface area contributed by atoms with Crippen molar-refractivity contribution in [3.05, 3.63) is 83.4 Å². The van der Waals surface area contributed by atoms with Crippen LogP contribution in [0.5, 0.6) is 5.75 Å². The summed E-state index contributed by atoms with van der Waals surface area (Å²) in [6.45, 7) is 1.79. The third-order valence-corrected chi connectivity index (χ3v) is 7.26. The van der Waals surface area contributed by atoms with E-state index < -0.39 is 34.3 Å². The number of piperazine rings is 1. The van der Waals surface area contributed by atoms with E-state index in [0.29, 0.717) is 42.9 Å². The molecule has 1 fully saturated rings. The van der Waals surface area contributed by atoms with E-state index in [4.69, 9.17) is 0 Å². The minimum atomic E-state index is -4.66. The molecule has 214 valence electrons. The summed E-state index contributed by atoms with van der Waals surface area (Å²) in [6.07, 6.45) is -0.426. The van der Waals surface area contributed by atoms with Crippen LogP contribution in [0, 0.1) is 11.8 Å². The lowest BCUT2D eigenvalue weighted by Crippen LogP contribution is -2.48. The van der Waals surface area contributed by atoms with Crippen molar-refractivity contribution in [2.75, 3.05) is 36.8 Å². The summed E-state index contributed by atoms with van der Waals surface area (Å²) in [5.74, 6) is 3.29. The van der Waals surface area contributed by atoms with Gasteiger partial charge in [0.1, 0.15) is 5.75 Å². The first-order chi connectivity index (χ1) is 19.4. The normalized spacial score (nSPS) is 13.7. The summed E-state index contributed by atoms with van der Waals surface area (Å²) in [5.41, 5.74) is 2.12. The van der Waals surface area contributed by atoms with Crippen LogP contribution in [0.4, 0.5) is 18.9 Å². The topological polar surface area (TPSA) is 133 Å². The van der Waals surface area contributed by atoms with Crippen LogP contribution in [0.3, 0.4) is 0 Å². The number of pyridine rings is 2. The van der Waals surface area contributed by atoms with E-state index in [0.717, 1.165) is 5.69 Å². The molecule has 14 heteroatoms. The highest BCUT2D eigenvalue weighted by molar-refractivity contribution is 7.90. The Bertz CT molecular complexity index is 1590. The number of anilines is 1. The molecule has 0 radical (unpaired) electrons. The average Bonchev–Trinajstić information content (AvgIpc) is 2.94. The Hall–Kier alpha value is -4.64. The molecule has 0 aliphatic carbocycles. The lowest BCUT2D eigenvalue weighted by atomic mass is 10.1. The Kier molecular flexibility index (Phi) is 8.77. The fraction of sp³-hybridized carbons (Fsp3) is 0.259. The number of halogens is 3. The quantitative estimate of drug-likeness (QED) is 0.421. The first-order valence-electron chi connectivity index (χ1n) is 12.3. The van der Waals surface area contributed by atoms with Crippen molar-refractivity contribution in [1.29, 1.82) is 0 Å². The van der Waals surface area contributed by atoms with Crippen molar-refractivity contribution in [1.82, 2.24) is 19.6 Å². The summed E-state index contributed by atoms with van der Waals surface area (Å²) in [4.78, 5) is 36.9. The van der Waals surface area contributed by atoms with Gasteiger partial charge in [-0.1, -0.05) is 11.8 Å². The second kappa shape index (κ2) is 12.3. The SMILES string of the molecule is O=C(NS(=O)(=O)CCC(F)(F)F)c1ccc(N2CCN(C(=O)c3cncc(C#Cc4cncc(O)c4)c3)CC2)cc1. The summed E-state index contributed by atoms with van der Waals surface area (Å²) < 4.78 is 62.2. The maximum atomic E-state index is 13.1. The molecule has 1 saturated heterocycles. The van der Waals surface area contributed by atoms with Crippen LogP contribution in [0.1, 0.15) is 38.3 Å². The molecule has 2 aromatic heterocycles. The molecule has 4 rings (SSSR count). The zero-order valence-electron chi connectivity index (χ0n) is 21.4. The molecule has 41 heavy (non-hydrogen) atoms. The van der Waals surface area contributed by atoms with Crippen LogP contribution in [0.25, 0.3) is 0 Å². The van der Waals surface area contributed by atoms with Gasteiger partial charge in [0.15, 0.2) is 0 Å². The molecule has 10 nitrogen and oxygen atoms in total. The first kappa shape index (κ1) is 29.3. The van der Waals surface area contributed by atoms with Gasteiger partial charge in [-0.25, -0.2) is 13.1 Å². The predicted molar refractivity (Wildman–Crippen MR) is 143 cm³/mol. The van der Waals surface area contributed by atoms with E-state index in [1.165, 1.54) is 43.0 Å². The van der Waals surface area contributed by atoms with Gasteiger partial charge in [-0.15, -0.1) is 0 Å². The zero-order valence-corrected chi connectivity index (χ0v) is 22.2. The smallest absolute Gasteiger partial charge is 0.390 e. The molecule has 1 aliphatic rings. The van der Waals surface area contributed by atoms with Crippen LogP contribution in [-0.4, -0.2) is 78.3 Å². The van der Waals surface area contributed by atoms with Gasteiger partial charge < -0.3 is 14.9 Å². The molecule has 0 saturated carbocycles. The summed E-state index contributed by atoms with van der Waals surface area (Å²) in [7, 11) is -4.44. The Morgan fingerprint density at radius 2 is 1.51 bits per heavy atom. The van der Waals surface area contributed by atoms with Crippen molar-refractivity contribution in [2.24, 2.45) is 0 Å². The maximum absolute atomic E-state index is 13.1. The molecular weight excluding hydrogens is 563 g/mol. The van der Waals surface area contributed by atoms with Crippen molar-refractivity contribution in [3.8, 4) is 17.6 Å². The van der Waals surface area contributed by atoms with Gasteiger partial charge in [-0.3, -0.25) is 19.6 Å². The van der Waals surface area contributed by atoms with Crippen LogP contribution >= 0.6 is 0 Å². The Balaban J connectivity index is 1.32. The van der Waals surface area contributed by atoms with Crippen LogP contribution < -0.4 is 9.62 Å². The number of aromatic hydroxyl groups is 1. The molecule has 1 aromatic carbocycles. The highest BCUT2D eigenvalue weighted by Crippen LogP contribution is 2.21. The standard InChI is InChI=1S/C27H24F3N5O5S/c28-27(29,30)7-12-41(39,40)33-25(37)21-3-5-23(6-4-21)34-8-10-35(11-9-34)26(38)22-13-19(15-31-17-22)1-2-20-14-24(36)18-32-16-20/h3-6,13-18,36H,7-12H2,(H,33,37). The molecular formula is C27H24F3N5O5S. The van der Waals surface area contributed by atoms with Crippen molar-refractivity contribution in [3.63, 3.8) is 0 Å². The summed E-state index contributed by atoms with van der Waals surface area (Å²) in [6, 6.07) is 9.07. The molecule has 3 heterocycles. The number of nitrogens with one attached hydrogen (secondary N) is 1. The molecule has 0 spiro atoms. The monoisotopic (exact) mass is 587 g/mol. The number of carbonyl (C=O) groups excluding carboxylic acids is 2. The fourth-order valence-electron chi connectivity index (χ4n) is 3.94.